The van der Waals surface area contributed by atoms with Crippen molar-refractivity contribution in [2.24, 2.45) is 0 Å². The van der Waals surface area contributed by atoms with E-state index in [4.69, 9.17) is 23.2 Å². The molecular formula is C16H19Cl2N5O4S. The highest BCUT2D eigenvalue weighted by Crippen LogP contribution is 2.24. The van der Waals surface area contributed by atoms with Crippen molar-refractivity contribution >= 4 is 50.6 Å². The summed E-state index contributed by atoms with van der Waals surface area (Å²) in [5.74, 6) is -0.444. The van der Waals surface area contributed by atoms with Crippen LogP contribution >= 0.6 is 23.2 Å². The zero-order chi connectivity index (χ0) is 21.2. The van der Waals surface area contributed by atoms with Crippen molar-refractivity contribution in [3.63, 3.8) is 0 Å². The van der Waals surface area contributed by atoms with E-state index in [0.29, 0.717) is 5.56 Å². The van der Waals surface area contributed by atoms with Gasteiger partial charge in [0, 0.05) is 26.8 Å². The van der Waals surface area contributed by atoms with E-state index in [1.165, 1.54) is 20.2 Å². The number of aryl methyl sites for hydroxylation is 1. The zero-order valence-electron chi connectivity index (χ0n) is 15.6. The first-order valence-corrected chi connectivity index (χ1v) is 10.2. The molecule has 2 rings (SSSR count). The van der Waals surface area contributed by atoms with E-state index in [0.717, 1.165) is 8.99 Å². The number of amides is 1. The quantitative estimate of drug-likeness (QED) is 0.697. The molecule has 12 heteroatoms. The second-order valence-electron chi connectivity index (χ2n) is 6.01. The molecule has 0 bridgehead atoms. The van der Waals surface area contributed by atoms with Crippen LogP contribution < -0.4 is 16.2 Å². The van der Waals surface area contributed by atoms with Gasteiger partial charge in [0.05, 0.1) is 4.90 Å². The molecule has 28 heavy (non-hydrogen) atoms. The lowest BCUT2D eigenvalue weighted by atomic mass is 10.2. The Bertz CT molecular complexity index is 1080. The maximum absolute atomic E-state index is 12.4. The third kappa shape index (κ3) is 4.46. The molecule has 0 radical (unpaired) electrons. The summed E-state index contributed by atoms with van der Waals surface area (Å²) in [6, 6.07) is 4.49. The number of carbonyl (C=O) groups excluding carboxylic acids is 1. The zero-order valence-corrected chi connectivity index (χ0v) is 17.9. The van der Waals surface area contributed by atoms with Gasteiger partial charge in [0.2, 0.25) is 15.9 Å². The average Bonchev–Trinajstić information content (AvgIpc) is 2.63. The van der Waals surface area contributed by atoms with E-state index in [9.17, 15) is 18.0 Å². The Morgan fingerprint density at radius 3 is 2.46 bits per heavy atom. The first-order chi connectivity index (χ1) is 13.0. The molecule has 0 aliphatic carbocycles. The van der Waals surface area contributed by atoms with E-state index in [2.05, 4.69) is 15.7 Å². The van der Waals surface area contributed by atoms with Crippen molar-refractivity contribution in [3.8, 4) is 0 Å². The largest absolute Gasteiger partial charge is 0.370 e. The molecule has 1 heterocycles. The minimum absolute atomic E-state index is 0.0390. The van der Waals surface area contributed by atoms with Crippen LogP contribution in [0.5, 0.6) is 0 Å². The minimum Gasteiger partial charge on any atom is -0.370 e. The summed E-state index contributed by atoms with van der Waals surface area (Å²) in [4.78, 5) is 24.6. The van der Waals surface area contributed by atoms with Crippen LogP contribution in [-0.4, -0.2) is 49.6 Å². The molecule has 1 aromatic carbocycles. The molecule has 0 spiro atoms. The molecule has 1 amide bonds. The van der Waals surface area contributed by atoms with Gasteiger partial charge in [0.15, 0.2) is 5.82 Å². The van der Waals surface area contributed by atoms with Crippen LogP contribution in [0, 0.1) is 6.92 Å². The van der Waals surface area contributed by atoms with E-state index in [1.807, 2.05) is 0 Å². The highest BCUT2D eigenvalue weighted by Gasteiger charge is 2.21. The van der Waals surface area contributed by atoms with Crippen LogP contribution in [0.25, 0.3) is 0 Å². The summed E-state index contributed by atoms with van der Waals surface area (Å²) in [6.45, 7) is 1.22. The van der Waals surface area contributed by atoms with Crippen molar-refractivity contribution in [2.45, 2.75) is 18.4 Å². The van der Waals surface area contributed by atoms with Crippen LogP contribution in [0.1, 0.15) is 5.56 Å². The highest BCUT2D eigenvalue weighted by atomic mass is 35.5. The number of rotatable bonds is 6. The van der Waals surface area contributed by atoms with Gasteiger partial charge in [-0.25, -0.2) is 17.4 Å². The van der Waals surface area contributed by atoms with Crippen molar-refractivity contribution in [2.75, 3.05) is 31.8 Å². The number of halogens is 2. The molecule has 0 saturated carbocycles. The second kappa shape index (κ2) is 8.48. The van der Waals surface area contributed by atoms with E-state index in [1.54, 1.807) is 26.1 Å². The van der Waals surface area contributed by atoms with Crippen LogP contribution in [0.4, 0.5) is 11.5 Å². The predicted octanol–water partition coefficient (Wildman–Crippen LogP) is 1.79. The van der Waals surface area contributed by atoms with Crippen LogP contribution in [0.3, 0.4) is 0 Å². The van der Waals surface area contributed by atoms with Crippen LogP contribution in [-0.2, 0) is 21.4 Å². The Morgan fingerprint density at radius 1 is 1.25 bits per heavy atom. The monoisotopic (exact) mass is 447 g/mol. The maximum Gasteiger partial charge on any atom is 0.287 e. The Balaban J connectivity index is 2.30. The normalized spacial score (nSPS) is 11.5. The van der Waals surface area contributed by atoms with Gasteiger partial charge in [-0.05, 0) is 24.6 Å². The summed E-state index contributed by atoms with van der Waals surface area (Å²) >= 11 is 11.8. The molecule has 2 aromatic rings. The van der Waals surface area contributed by atoms with Gasteiger partial charge in [-0.1, -0.05) is 29.3 Å². The van der Waals surface area contributed by atoms with Crippen molar-refractivity contribution in [1.82, 2.24) is 14.1 Å². The van der Waals surface area contributed by atoms with Gasteiger partial charge in [-0.15, -0.1) is 0 Å². The summed E-state index contributed by atoms with van der Waals surface area (Å²) in [7, 11) is 0.700. The van der Waals surface area contributed by atoms with Gasteiger partial charge in [0.1, 0.15) is 16.6 Å². The Hall–Kier alpha value is -2.14. The Kier molecular flexibility index (Phi) is 6.71. The number of benzene rings is 1. The number of aromatic nitrogens is 2. The number of sulfonamides is 1. The number of carbonyl (C=O) groups is 1. The SMILES string of the molecule is CNc1nn(CC(=O)Nc2ccc(C)c(S(=O)(=O)N(C)C)c2)c(=O)c(Cl)c1Cl. The number of anilines is 2. The lowest BCUT2D eigenvalue weighted by Gasteiger charge is -2.15. The number of hydrogen-bond donors (Lipinski definition) is 2. The summed E-state index contributed by atoms with van der Waals surface area (Å²) in [5.41, 5.74) is 0.0753. The van der Waals surface area contributed by atoms with Gasteiger partial charge < -0.3 is 10.6 Å². The molecule has 2 N–H and O–H groups in total. The standard InChI is InChI=1S/C16H19Cl2N5O4S/c1-9-5-6-10(7-11(9)28(26,27)22(3)4)20-12(24)8-23-16(25)14(18)13(17)15(19-2)21-23/h5-7H,8H2,1-4H3,(H,19,21)(H,20,24). The maximum atomic E-state index is 12.4. The van der Waals surface area contributed by atoms with Crippen molar-refractivity contribution < 1.29 is 13.2 Å². The molecule has 1 aromatic heterocycles. The third-order valence-electron chi connectivity index (χ3n) is 3.80. The predicted molar refractivity (Wildman–Crippen MR) is 109 cm³/mol. The van der Waals surface area contributed by atoms with Crippen LogP contribution in [0.2, 0.25) is 10.0 Å². The summed E-state index contributed by atoms with van der Waals surface area (Å²) in [5, 5.41) is 8.87. The average molecular weight is 448 g/mol. The first kappa shape index (κ1) is 22.2. The number of hydrogen-bond acceptors (Lipinski definition) is 6. The highest BCUT2D eigenvalue weighted by molar-refractivity contribution is 7.89. The third-order valence-corrected chi connectivity index (χ3v) is 6.58. The Labute approximate surface area is 172 Å². The summed E-state index contributed by atoms with van der Waals surface area (Å²) in [6.07, 6.45) is 0. The molecular weight excluding hydrogens is 429 g/mol. The lowest BCUT2D eigenvalue weighted by molar-refractivity contribution is -0.117. The number of nitrogens with zero attached hydrogens (tertiary/aromatic N) is 3. The molecule has 0 atom stereocenters. The molecule has 0 aliphatic heterocycles. The van der Waals surface area contributed by atoms with E-state index < -0.39 is 28.0 Å². The topological polar surface area (TPSA) is 113 Å². The molecule has 0 unspecified atom stereocenters. The fourth-order valence-electron chi connectivity index (χ4n) is 2.28. The first-order valence-electron chi connectivity index (χ1n) is 7.96. The van der Waals surface area contributed by atoms with Gasteiger partial charge >= 0.3 is 0 Å². The fourth-order valence-corrected chi connectivity index (χ4v) is 3.82. The van der Waals surface area contributed by atoms with Gasteiger partial charge in [-0.3, -0.25) is 9.59 Å². The number of nitrogens with one attached hydrogen (secondary N) is 2. The van der Waals surface area contributed by atoms with Crippen molar-refractivity contribution in [1.29, 1.82) is 0 Å². The molecule has 0 fully saturated rings. The molecule has 9 nitrogen and oxygen atoms in total. The minimum atomic E-state index is -3.68. The second-order valence-corrected chi connectivity index (χ2v) is 8.88. The summed E-state index contributed by atoms with van der Waals surface area (Å²) < 4.78 is 26.7. The van der Waals surface area contributed by atoms with Crippen molar-refractivity contribution in [3.05, 3.63) is 44.2 Å². The van der Waals surface area contributed by atoms with Crippen LogP contribution in [0.15, 0.2) is 27.9 Å². The Morgan fingerprint density at radius 2 is 1.89 bits per heavy atom. The van der Waals surface area contributed by atoms with Gasteiger partial charge in [0.25, 0.3) is 5.56 Å². The van der Waals surface area contributed by atoms with Gasteiger partial charge in [-0.2, -0.15) is 5.10 Å². The fraction of sp³-hybridized carbons (Fsp3) is 0.312. The molecule has 152 valence electrons. The smallest absolute Gasteiger partial charge is 0.287 e. The molecule has 0 aliphatic rings. The van der Waals surface area contributed by atoms with E-state index in [-0.39, 0.29) is 26.4 Å². The van der Waals surface area contributed by atoms with E-state index >= 15 is 0 Å². The molecule has 0 saturated heterocycles. The lowest BCUT2D eigenvalue weighted by Crippen LogP contribution is -2.31.